The van der Waals surface area contributed by atoms with Crippen molar-refractivity contribution >= 4 is 11.6 Å². The maximum atomic E-state index is 11.9. The second kappa shape index (κ2) is 6.33. The number of rotatable bonds is 6. The first kappa shape index (κ1) is 14.3. The third kappa shape index (κ3) is 3.45. The molecule has 2 aromatic heterocycles. The van der Waals surface area contributed by atoms with Crippen LogP contribution in [0.4, 0.5) is 0 Å². The van der Waals surface area contributed by atoms with Crippen molar-refractivity contribution in [3.8, 4) is 0 Å². The molecule has 2 heterocycles. The number of aliphatic hydroxyl groups excluding tert-OH is 1. The van der Waals surface area contributed by atoms with Crippen LogP contribution in [0.1, 0.15) is 19.8 Å². The Balaban J connectivity index is 1.93. The standard InChI is InChI=1S/C13H18N4O3/c1-10(18)5-4-7-14-12(19)9-17-13(20)16-8-3-2-6-11(16)15-17/h2-3,6,8,10,18H,4-5,7,9H2,1H3,(H,14,19). The Morgan fingerprint density at radius 3 is 3.00 bits per heavy atom. The van der Waals surface area contributed by atoms with Crippen molar-refractivity contribution in [2.75, 3.05) is 6.54 Å². The van der Waals surface area contributed by atoms with Gasteiger partial charge in [0.25, 0.3) is 0 Å². The molecular formula is C13H18N4O3. The normalized spacial score (nSPS) is 12.5. The average Bonchev–Trinajstić information content (AvgIpc) is 2.72. The van der Waals surface area contributed by atoms with Crippen LogP contribution >= 0.6 is 0 Å². The highest BCUT2D eigenvalue weighted by Crippen LogP contribution is 1.95. The Kier molecular flexibility index (Phi) is 4.52. The summed E-state index contributed by atoms with van der Waals surface area (Å²) in [6.07, 6.45) is 2.58. The predicted octanol–water partition coefficient (Wildman–Crippen LogP) is -0.227. The van der Waals surface area contributed by atoms with Gasteiger partial charge in [0.15, 0.2) is 5.65 Å². The molecule has 0 saturated heterocycles. The van der Waals surface area contributed by atoms with Crippen LogP contribution in [0.15, 0.2) is 29.2 Å². The van der Waals surface area contributed by atoms with Crippen LogP contribution in [0.2, 0.25) is 0 Å². The van der Waals surface area contributed by atoms with E-state index in [1.54, 1.807) is 31.3 Å². The lowest BCUT2D eigenvalue weighted by Crippen LogP contribution is -2.33. The summed E-state index contributed by atoms with van der Waals surface area (Å²) in [5.41, 5.74) is 0.180. The molecule has 0 bridgehead atoms. The van der Waals surface area contributed by atoms with Gasteiger partial charge in [-0.25, -0.2) is 9.48 Å². The monoisotopic (exact) mass is 278 g/mol. The van der Waals surface area contributed by atoms with Gasteiger partial charge in [0.1, 0.15) is 6.54 Å². The molecule has 2 rings (SSSR count). The van der Waals surface area contributed by atoms with E-state index in [0.717, 1.165) is 4.68 Å². The minimum absolute atomic E-state index is 0.102. The number of fused-ring (bicyclic) bond motifs is 1. The summed E-state index contributed by atoms with van der Waals surface area (Å²) in [6.45, 7) is 2.08. The smallest absolute Gasteiger partial charge is 0.350 e. The number of pyridine rings is 1. The number of carbonyl (C=O) groups is 1. The maximum Gasteiger partial charge on any atom is 0.350 e. The van der Waals surface area contributed by atoms with E-state index in [1.165, 1.54) is 4.40 Å². The van der Waals surface area contributed by atoms with Crippen molar-refractivity contribution < 1.29 is 9.90 Å². The summed E-state index contributed by atoms with van der Waals surface area (Å²) < 4.78 is 2.53. The van der Waals surface area contributed by atoms with Crippen LogP contribution in [0.25, 0.3) is 5.65 Å². The van der Waals surface area contributed by atoms with Crippen LogP contribution in [0.3, 0.4) is 0 Å². The molecule has 1 unspecified atom stereocenters. The third-order valence-corrected chi connectivity index (χ3v) is 2.90. The lowest BCUT2D eigenvalue weighted by atomic mass is 10.2. The minimum atomic E-state index is -0.368. The molecule has 0 aliphatic heterocycles. The Bertz CT molecular complexity index is 644. The fourth-order valence-corrected chi connectivity index (χ4v) is 1.89. The molecule has 0 fully saturated rings. The highest BCUT2D eigenvalue weighted by molar-refractivity contribution is 5.75. The summed E-state index contributed by atoms with van der Waals surface area (Å²) in [4.78, 5) is 23.6. The third-order valence-electron chi connectivity index (χ3n) is 2.90. The van der Waals surface area contributed by atoms with Crippen LogP contribution in [-0.4, -0.2) is 37.8 Å². The molecule has 20 heavy (non-hydrogen) atoms. The Morgan fingerprint density at radius 1 is 1.50 bits per heavy atom. The van der Waals surface area contributed by atoms with Gasteiger partial charge in [-0.05, 0) is 31.9 Å². The second-order valence-electron chi connectivity index (χ2n) is 4.71. The molecule has 1 amide bonds. The van der Waals surface area contributed by atoms with Crippen LogP contribution in [0, 0.1) is 0 Å². The van der Waals surface area contributed by atoms with Crippen LogP contribution < -0.4 is 11.0 Å². The van der Waals surface area contributed by atoms with Crippen LogP contribution in [-0.2, 0) is 11.3 Å². The van der Waals surface area contributed by atoms with E-state index < -0.39 is 0 Å². The number of nitrogens with one attached hydrogen (secondary N) is 1. The number of carbonyl (C=O) groups excluding carboxylic acids is 1. The predicted molar refractivity (Wildman–Crippen MR) is 73.4 cm³/mol. The Morgan fingerprint density at radius 2 is 2.30 bits per heavy atom. The Hall–Kier alpha value is -2.15. The molecule has 0 radical (unpaired) electrons. The first-order chi connectivity index (χ1) is 9.58. The van der Waals surface area contributed by atoms with Crippen molar-refractivity contribution in [3.05, 3.63) is 34.9 Å². The zero-order chi connectivity index (χ0) is 14.5. The van der Waals surface area contributed by atoms with Crippen LogP contribution in [0.5, 0.6) is 0 Å². The number of aromatic nitrogens is 3. The minimum Gasteiger partial charge on any atom is -0.393 e. The van der Waals surface area contributed by atoms with E-state index >= 15 is 0 Å². The summed E-state index contributed by atoms with van der Waals surface area (Å²) >= 11 is 0. The van der Waals surface area contributed by atoms with Crippen molar-refractivity contribution in [1.29, 1.82) is 0 Å². The zero-order valence-corrected chi connectivity index (χ0v) is 11.3. The van der Waals surface area contributed by atoms with E-state index in [4.69, 9.17) is 5.11 Å². The first-order valence-corrected chi connectivity index (χ1v) is 6.57. The first-order valence-electron chi connectivity index (χ1n) is 6.57. The van der Waals surface area contributed by atoms with E-state index in [-0.39, 0.29) is 24.2 Å². The molecule has 7 nitrogen and oxygen atoms in total. The van der Waals surface area contributed by atoms with Crippen molar-refractivity contribution in [1.82, 2.24) is 19.5 Å². The Labute approximate surface area is 115 Å². The summed E-state index contributed by atoms with van der Waals surface area (Å²) in [5.74, 6) is -0.263. The molecule has 0 aromatic carbocycles. The average molecular weight is 278 g/mol. The molecule has 0 saturated carbocycles. The molecule has 7 heteroatoms. The molecular weight excluding hydrogens is 260 g/mol. The molecule has 1 atom stereocenters. The maximum absolute atomic E-state index is 11.9. The molecule has 0 spiro atoms. The van der Waals surface area contributed by atoms with Gasteiger partial charge < -0.3 is 10.4 Å². The van der Waals surface area contributed by atoms with Crippen molar-refractivity contribution in [2.45, 2.75) is 32.4 Å². The number of amides is 1. The van der Waals surface area contributed by atoms with E-state index in [9.17, 15) is 9.59 Å². The van der Waals surface area contributed by atoms with Gasteiger partial charge in [-0.1, -0.05) is 6.07 Å². The van der Waals surface area contributed by atoms with Crippen molar-refractivity contribution in [3.63, 3.8) is 0 Å². The van der Waals surface area contributed by atoms with Crippen molar-refractivity contribution in [2.24, 2.45) is 0 Å². The topological polar surface area (TPSA) is 88.6 Å². The molecule has 0 aliphatic rings. The van der Waals surface area contributed by atoms with Gasteiger partial charge >= 0.3 is 5.69 Å². The zero-order valence-electron chi connectivity index (χ0n) is 11.3. The summed E-state index contributed by atoms with van der Waals surface area (Å²) in [7, 11) is 0. The van der Waals surface area contributed by atoms with Gasteiger partial charge in [-0.2, -0.15) is 0 Å². The fraction of sp³-hybridized carbons (Fsp3) is 0.462. The quantitative estimate of drug-likeness (QED) is 0.715. The summed E-state index contributed by atoms with van der Waals surface area (Å²) in [6, 6.07) is 5.22. The number of hydrogen-bond donors (Lipinski definition) is 2. The number of aliphatic hydroxyl groups is 1. The molecule has 2 N–H and O–H groups in total. The lowest BCUT2D eigenvalue weighted by Gasteiger charge is -2.05. The second-order valence-corrected chi connectivity index (χ2v) is 4.71. The van der Waals surface area contributed by atoms with E-state index in [2.05, 4.69) is 10.4 Å². The SMILES string of the molecule is CC(O)CCCNC(=O)Cn1nc2ccccn2c1=O. The summed E-state index contributed by atoms with van der Waals surface area (Å²) in [5, 5.41) is 15.9. The van der Waals surface area contributed by atoms with Gasteiger partial charge in [-0.15, -0.1) is 5.10 Å². The van der Waals surface area contributed by atoms with E-state index in [0.29, 0.717) is 25.0 Å². The lowest BCUT2D eigenvalue weighted by molar-refractivity contribution is -0.121. The highest BCUT2D eigenvalue weighted by Gasteiger charge is 2.09. The molecule has 0 aliphatic carbocycles. The number of hydrogen-bond acceptors (Lipinski definition) is 4. The largest absolute Gasteiger partial charge is 0.393 e. The van der Waals surface area contributed by atoms with Gasteiger partial charge in [0.2, 0.25) is 5.91 Å². The van der Waals surface area contributed by atoms with Gasteiger partial charge in [0.05, 0.1) is 6.10 Å². The molecule has 108 valence electrons. The number of nitrogens with zero attached hydrogens (tertiary/aromatic N) is 3. The highest BCUT2D eigenvalue weighted by atomic mass is 16.3. The molecule has 2 aromatic rings. The van der Waals surface area contributed by atoms with Gasteiger partial charge in [0, 0.05) is 12.7 Å². The van der Waals surface area contributed by atoms with Gasteiger partial charge in [-0.3, -0.25) is 9.20 Å². The van der Waals surface area contributed by atoms with E-state index in [1.807, 2.05) is 0 Å². The fourth-order valence-electron chi connectivity index (χ4n) is 1.89.